The van der Waals surface area contributed by atoms with E-state index in [0.717, 1.165) is 16.1 Å². The molecule has 7 heteroatoms. The number of rotatable bonds is 4. The molecule has 2 aromatic carbocycles. The quantitative estimate of drug-likeness (QED) is 0.848. The minimum Gasteiger partial charge on any atom is -0.481 e. The van der Waals surface area contributed by atoms with Crippen molar-refractivity contribution in [2.75, 3.05) is 4.90 Å². The lowest BCUT2D eigenvalue weighted by Gasteiger charge is -2.33. The van der Waals surface area contributed by atoms with Gasteiger partial charge >= 0.3 is 5.97 Å². The number of hydrogen-bond acceptors (Lipinski definition) is 3. The number of fused-ring (bicyclic) bond motifs is 1. The van der Waals surface area contributed by atoms with Crippen LogP contribution in [0.3, 0.4) is 0 Å². The van der Waals surface area contributed by atoms with Crippen LogP contribution in [-0.2, 0) is 16.1 Å². The van der Waals surface area contributed by atoms with Gasteiger partial charge in [0.2, 0.25) is 5.91 Å². The maximum Gasteiger partial charge on any atom is 0.305 e. The van der Waals surface area contributed by atoms with Crippen molar-refractivity contribution in [2.45, 2.75) is 23.1 Å². The Hall–Kier alpha value is -1.69. The zero-order chi connectivity index (χ0) is 17.3. The van der Waals surface area contributed by atoms with Crippen molar-refractivity contribution >= 4 is 52.5 Å². The number of para-hydroxylation sites is 1. The fraction of sp³-hybridized carbons (Fsp3) is 0.176. The summed E-state index contributed by atoms with van der Waals surface area (Å²) in [6.45, 7) is 0.309. The van der Waals surface area contributed by atoms with Crippen molar-refractivity contribution in [1.29, 1.82) is 0 Å². The van der Waals surface area contributed by atoms with E-state index in [-0.39, 0.29) is 12.3 Å². The lowest BCUT2D eigenvalue weighted by atomic mass is 10.1. The van der Waals surface area contributed by atoms with Gasteiger partial charge in [-0.15, -0.1) is 11.8 Å². The fourth-order valence-electron chi connectivity index (χ4n) is 2.55. The van der Waals surface area contributed by atoms with E-state index >= 15 is 0 Å². The topological polar surface area (TPSA) is 57.6 Å². The summed E-state index contributed by atoms with van der Waals surface area (Å²) in [5, 5.41) is 9.29. The van der Waals surface area contributed by atoms with Crippen molar-refractivity contribution in [3.05, 3.63) is 58.1 Å². The minimum absolute atomic E-state index is 0.213. The molecule has 124 valence electrons. The first-order valence-corrected chi connectivity index (χ1v) is 8.82. The largest absolute Gasteiger partial charge is 0.481 e. The maximum atomic E-state index is 12.8. The Morgan fingerprint density at radius 2 is 1.92 bits per heavy atom. The van der Waals surface area contributed by atoms with Gasteiger partial charge in [0.25, 0.3) is 0 Å². The van der Waals surface area contributed by atoms with E-state index in [2.05, 4.69) is 0 Å². The molecule has 2 aromatic rings. The van der Waals surface area contributed by atoms with Crippen LogP contribution in [0.25, 0.3) is 0 Å². The first-order chi connectivity index (χ1) is 11.5. The van der Waals surface area contributed by atoms with Gasteiger partial charge in [0.1, 0.15) is 0 Å². The Labute approximate surface area is 153 Å². The molecule has 3 rings (SSSR count). The summed E-state index contributed by atoms with van der Waals surface area (Å²) in [5.74, 6) is -1.21. The molecule has 1 atom stereocenters. The molecule has 0 bridgehead atoms. The SMILES string of the molecule is O=C(O)CC1Sc2ccccc2N(Cc2ccc(Cl)c(Cl)c2)C1=O. The summed E-state index contributed by atoms with van der Waals surface area (Å²) in [6, 6.07) is 12.7. The molecule has 0 spiro atoms. The number of hydrogen-bond donors (Lipinski definition) is 1. The van der Waals surface area contributed by atoms with Crippen LogP contribution >= 0.6 is 35.0 Å². The van der Waals surface area contributed by atoms with Gasteiger partial charge in [0.05, 0.1) is 33.9 Å². The Morgan fingerprint density at radius 1 is 1.17 bits per heavy atom. The van der Waals surface area contributed by atoms with Gasteiger partial charge in [-0.05, 0) is 29.8 Å². The number of carbonyl (C=O) groups is 2. The third-order valence-electron chi connectivity index (χ3n) is 3.65. The van der Waals surface area contributed by atoms with Gasteiger partial charge in [-0.1, -0.05) is 41.4 Å². The Bertz CT molecular complexity index is 812. The highest BCUT2D eigenvalue weighted by Crippen LogP contribution is 2.41. The molecule has 0 fully saturated rings. The highest BCUT2D eigenvalue weighted by molar-refractivity contribution is 8.01. The average Bonchev–Trinajstić information content (AvgIpc) is 2.54. The lowest BCUT2D eigenvalue weighted by molar-refractivity contribution is -0.138. The molecule has 1 N–H and O–H groups in total. The summed E-state index contributed by atoms with van der Waals surface area (Å²) in [7, 11) is 0. The summed E-state index contributed by atoms with van der Waals surface area (Å²) >= 11 is 13.3. The van der Waals surface area contributed by atoms with Crippen LogP contribution in [0, 0.1) is 0 Å². The number of anilines is 1. The number of halogens is 2. The van der Waals surface area contributed by atoms with Gasteiger partial charge < -0.3 is 10.0 Å². The summed E-state index contributed by atoms with van der Waals surface area (Å²) < 4.78 is 0. The number of benzene rings is 2. The maximum absolute atomic E-state index is 12.8. The first-order valence-electron chi connectivity index (χ1n) is 7.18. The van der Waals surface area contributed by atoms with Crippen molar-refractivity contribution in [3.8, 4) is 0 Å². The molecular formula is C17H13Cl2NO3S. The van der Waals surface area contributed by atoms with E-state index in [4.69, 9.17) is 28.3 Å². The molecular weight excluding hydrogens is 369 g/mol. The molecule has 1 aliphatic rings. The van der Waals surface area contributed by atoms with E-state index in [0.29, 0.717) is 16.6 Å². The summed E-state index contributed by atoms with van der Waals surface area (Å²) in [4.78, 5) is 26.3. The molecule has 1 aliphatic heterocycles. The van der Waals surface area contributed by atoms with Gasteiger partial charge in [-0.2, -0.15) is 0 Å². The average molecular weight is 382 g/mol. The third-order valence-corrected chi connectivity index (χ3v) is 5.64. The highest BCUT2D eigenvalue weighted by Gasteiger charge is 2.34. The minimum atomic E-state index is -0.991. The molecule has 0 saturated heterocycles. The smallest absolute Gasteiger partial charge is 0.305 e. The number of carboxylic acids is 1. The lowest BCUT2D eigenvalue weighted by Crippen LogP contribution is -2.41. The molecule has 4 nitrogen and oxygen atoms in total. The number of aliphatic carboxylic acids is 1. The predicted molar refractivity (Wildman–Crippen MR) is 96.0 cm³/mol. The standard InChI is InChI=1S/C17H13Cl2NO3S/c18-11-6-5-10(7-12(11)19)9-20-13-3-1-2-4-14(13)24-15(17(20)23)8-16(21)22/h1-7,15H,8-9H2,(H,21,22). The van der Waals surface area contributed by atoms with E-state index < -0.39 is 11.2 Å². The summed E-state index contributed by atoms with van der Waals surface area (Å²) in [6.07, 6.45) is -0.213. The van der Waals surface area contributed by atoms with Crippen LogP contribution in [0.2, 0.25) is 10.0 Å². The molecule has 1 amide bonds. The molecule has 0 aromatic heterocycles. The fourth-order valence-corrected chi connectivity index (χ4v) is 4.08. The van der Waals surface area contributed by atoms with Crippen LogP contribution < -0.4 is 4.90 Å². The van der Waals surface area contributed by atoms with Crippen LogP contribution in [-0.4, -0.2) is 22.2 Å². The van der Waals surface area contributed by atoms with Crippen molar-refractivity contribution in [2.24, 2.45) is 0 Å². The van der Waals surface area contributed by atoms with E-state index in [1.807, 2.05) is 24.3 Å². The van der Waals surface area contributed by atoms with Gasteiger partial charge in [-0.3, -0.25) is 9.59 Å². The number of carboxylic acid groups (broad SMARTS) is 1. The Balaban J connectivity index is 1.95. The molecule has 0 saturated carbocycles. The van der Waals surface area contributed by atoms with Crippen LogP contribution in [0.4, 0.5) is 5.69 Å². The van der Waals surface area contributed by atoms with E-state index in [1.165, 1.54) is 11.8 Å². The number of amides is 1. The zero-order valence-electron chi connectivity index (χ0n) is 12.4. The normalized spacial score (nSPS) is 16.8. The molecule has 0 aliphatic carbocycles. The van der Waals surface area contributed by atoms with E-state index in [9.17, 15) is 9.59 Å². The third kappa shape index (κ3) is 3.53. The number of thioether (sulfide) groups is 1. The number of carbonyl (C=O) groups excluding carboxylic acids is 1. The van der Waals surface area contributed by atoms with Crippen LogP contribution in [0.15, 0.2) is 47.4 Å². The van der Waals surface area contributed by atoms with Crippen molar-refractivity contribution in [3.63, 3.8) is 0 Å². The van der Waals surface area contributed by atoms with Crippen molar-refractivity contribution in [1.82, 2.24) is 0 Å². The van der Waals surface area contributed by atoms with Gasteiger partial charge in [-0.25, -0.2) is 0 Å². The number of nitrogens with zero attached hydrogens (tertiary/aromatic N) is 1. The molecule has 24 heavy (non-hydrogen) atoms. The van der Waals surface area contributed by atoms with Crippen LogP contribution in [0.5, 0.6) is 0 Å². The monoisotopic (exact) mass is 381 g/mol. The molecule has 1 unspecified atom stereocenters. The van der Waals surface area contributed by atoms with Crippen molar-refractivity contribution < 1.29 is 14.7 Å². The highest BCUT2D eigenvalue weighted by atomic mass is 35.5. The second-order valence-electron chi connectivity index (χ2n) is 5.34. The Kier molecular flexibility index (Phi) is 5.04. The second kappa shape index (κ2) is 7.05. The van der Waals surface area contributed by atoms with E-state index in [1.54, 1.807) is 23.1 Å². The predicted octanol–water partition coefficient (Wildman–Crippen LogP) is 4.48. The second-order valence-corrected chi connectivity index (χ2v) is 7.40. The Morgan fingerprint density at radius 3 is 2.62 bits per heavy atom. The molecule has 1 heterocycles. The van der Waals surface area contributed by atoms with Gasteiger partial charge in [0, 0.05) is 4.90 Å². The van der Waals surface area contributed by atoms with Crippen LogP contribution in [0.1, 0.15) is 12.0 Å². The van der Waals surface area contributed by atoms with Gasteiger partial charge in [0.15, 0.2) is 0 Å². The summed E-state index contributed by atoms with van der Waals surface area (Å²) in [5.41, 5.74) is 1.61. The molecule has 0 radical (unpaired) electrons. The zero-order valence-corrected chi connectivity index (χ0v) is 14.7. The first kappa shape index (κ1) is 17.1.